The Labute approximate surface area is 203 Å². The van der Waals surface area contributed by atoms with Crippen molar-refractivity contribution in [1.82, 2.24) is 0 Å². The SMILES string of the molecule is C=C(C#N)C(=C(C)C)S(=O)(=O)Nc1cc(-c2c(C)ccc(C)c2/C=C\C)c(C)c2ccccc12. The van der Waals surface area contributed by atoms with Crippen LogP contribution < -0.4 is 4.72 Å². The first-order valence-electron chi connectivity index (χ1n) is 11.1. The Kier molecular flexibility index (Phi) is 7.14. The number of hydrogen-bond acceptors (Lipinski definition) is 3. The molecule has 0 spiro atoms. The fraction of sp³-hybridized carbons (Fsp3) is 0.207. The molecule has 3 rings (SSSR count). The van der Waals surface area contributed by atoms with E-state index in [9.17, 15) is 13.7 Å². The van der Waals surface area contributed by atoms with Crippen LogP contribution in [0.4, 0.5) is 5.69 Å². The van der Waals surface area contributed by atoms with Gasteiger partial charge in [0.2, 0.25) is 0 Å². The molecule has 4 nitrogen and oxygen atoms in total. The van der Waals surface area contributed by atoms with Crippen LogP contribution in [0, 0.1) is 32.1 Å². The predicted octanol–water partition coefficient (Wildman–Crippen LogP) is 7.58. The molecule has 0 saturated carbocycles. The second-order valence-electron chi connectivity index (χ2n) is 8.66. The first-order valence-corrected chi connectivity index (χ1v) is 12.6. The highest BCUT2D eigenvalue weighted by atomic mass is 32.2. The Balaban J connectivity index is 2.38. The Morgan fingerprint density at radius 2 is 1.65 bits per heavy atom. The normalized spacial score (nSPS) is 11.4. The third kappa shape index (κ3) is 4.55. The number of nitrogens with zero attached hydrogens (tertiary/aromatic N) is 1. The molecule has 1 N–H and O–H groups in total. The van der Waals surface area contributed by atoms with E-state index in [1.165, 1.54) is 0 Å². The van der Waals surface area contributed by atoms with Gasteiger partial charge in [-0.15, -0.1) is 0 Å². The lowest BCUT2D eigenvalue weighted by atomic mass is 9.87. The predicted molar refractivity (Wildman–Crippen MR) is 144 cm³/mol. The van der Waals surface area contributed by atoms with E-state index >= 15 is 0 Å². The first-order chi connectivity index (χ1) is 16.0. The van der Waals surface area contributed by atoms with Gasteiger partial charge in [0, 0.05) is 5.39 Å². The molecule has 0 atom stereocenters. The van der Waals surface area contributed by atoms with Crippen LogP contribution >= 0.6 is 0 Å². The lowest BCUT2D eigenvalue weighted by Crippen LogP contribution is -2.17. The number of allylic oxidation sites excluding steroid dienone is 3. The van der Waals surface area contributed by atoms with E-state index in [1.807, 2.05) is 49.4 Å². The molecule has 0 bridgehead atoms. The number of sulfonamides is 1. The van der Waals surface area contributed by atoms with E-state index in [1.54, 1.807) is 13.8 Å². The Hall–Kier alpha value is -3.62. The number of nitrogens with one attached hydrogen (secondary N) is 1. The molecule has 0 radical (unpaired) electrons. The molecule has 0 unspecified atom stereocenters. The standard InChI is InChI=1S/C29H30N2O2S/c1-8-11-23-19(4)14-15-20(5)28(23)26-16-27(25-13-10-9-12-24(25)22(26)7)31-34(32,33)29(18(2)3)21(6)17-30/h8-16,31H,6H2,1-5,7H3/b11-8-. The van der Waals surface area contributed by atoms with Gasteiger partial charge in [-0.25, -0.2) is 8.42 Å². The maximum Gasteiger partial charge on any atom is 0.263 e. The maximum absolute atomic E-state index is 13.4. The van der Waals surface area contributed by atoms with Crippen molar-refractivity contribution in [2.45, 2.75) is 41.5 Å². The van der Waals surface area contributed by atoms with E-state index < -0.39 is 10.0 Å². The zero-order chi connectivity index (χ0) is 25.2. The summed E-state index contributed by atoms with van der Waals surface area (Å²) in [6.45, 7) is 15.2. The number of anilines is 1. The Morgan fingerprint density at radius 1 is 1.03 bits per heavy atom. The third-order valence-corrected chi connectivity index (χ3v) is 7.65. The summed E-state index contributed by atoms with van der Waals surface area (Å²) in [6.07, 6.45) is 4.11. The largest absolute Gasteiger partial charge is 0.279 e. The van der Waals surface area contributed by atoms with Gasteiger partial charge in [0.15, 0.2) is 0 Å². The van der Waals surface area contributed by atoms with E-state index in [0.29, 0.717) is 11.3 Å². The number of rotatable bonds is 6. The fourth-order valence-electron chi connectivity index (χ4n) is 4.42. The number of benzene rings is 3. The van der Waals surface area contributed by atoms with Gasteiger partial charge in [-0.1, -0.05) is 60.7 Å². The zero-order valence-corrected chi connectivity index (χ0v) is 21.4. The molecule has 0 fully saturated rings. The molecule has 3 aromatic rings. The van der Waals surface area contributed by atoms with Crippen LogP contribution in [0.3, 0.4) is 0 Å². The minimum Gasteiger partial charge on any atom is -0.279 e. The summed E-state index contributed by atoms with van der Waals surface area (Å²) in [7, 11) is -4.03. The molecule has 0 aliphatic carbocycles. The van der Waals surface area contributed by atoms with Crippen molar-refractivity contribution in [3.05, 3.63) is 93.4 Å². The fourth-order valence-corrected chi connectivity index (χ4v) is 5.88. The van der Waals surface area contributed by atoms with Crippen LogP contribution in [0.5, 0.6) is 0 Å². The summed E-state index contributed by atoms with van der Waals surface area (Å²) in [6, 6.07) is 15.7. The smallest absolute Gasteiger partial charge is 0.263 e. The van der Waals surface area contributed by atoms with Gasteiger partial charge in [-0.2, -0.15) is 5.26 Å². The van der Waals surface area contributed by atoms with Crippen molar-refractivity contribution < 1.29 is 8.42 Å². The Bertz CT molecular complexity index is 1510. The van der Waals surface area contributed by atoms with E-state index in [4.69, 9.17) is 0 Å². The van der Waals surface area contributed by atoms with E-state index in [-0.39, 0.29) is 10.5 Å². The molecule has 34 heavy (non-hydrogen) atoms. The number of aryl methyl sites for hydroxylation is 3. The van der Waals surface area contributed by atoms with Gasteiger partial charge in [-0.3, -0.25) is 4.72 Å². The highest BCUT2D eigenvalue weighted by Gasteiger charge is 2.24. The van der Waals surface area contributed by atoms with Crippen molar-refractivity contribution in [3.63, 3.8) is 0 Å². The van der Waals surface area contributed by atoms with Gasteiger partial charge >= 0.3 is 0 Å². The van der Waals surface area contributed by atoms with Crippen molar-refractivity contribution in [3.8, 4) is 17.2 Å². The molecule has 0 saturated heterocycles. The van der Waals surface area contributed by atoms with E-state index in [2.05, 4.69) is 50.3 Å². The van der Waals surface area contributed by atoms with Crippen LogP contribution in [-0.4, -0.2) is 8.42 Å². The van der Waals surface area contributed by atoms with Gasteiger partial charge in [-0.05, 0) is 86.4 Å². The Morgan fingerprint density at radius 3 is 2.24 bits per heavy atom. The van der Waals surface area contributed by atoms with Crippen molar-refractivity contribution >= 4 is 32.6 Å². The van der Waals surface area contributed by atoms with Crippen molar-refractivity contribution in [2.75, 3.05) is 4.72 Å². The van der Waals surface area contributed by atoms with Crippen LogP contribution in [0.2, 0.25) is 0 Å². The summed E-state index contributed by atoms with van der Waals surface area (Å²) in [4.78, 5) is -0.0810. The lowest BCUT2D eigenvalue weighted by molar-refractivity contribution is 0.607. The zero-order valence-electron chi connectivity index (χ0n) is 20.6. The average Bonchev–Trinajstić information content (AvgIpc) is 2.78. The van der Waals surface area contributed by atoms with E-state index in [0.717, 1.165) is 44.2 Å². The quantitative estimate of drug-likeness (QED) is 0.298. The molecular weight excluding hydrogens is 440 g/mol. The monoisotopic (exact) mass is 470 g/mol. The highest BCUT2D eigenvalue weighted by Crippen LogP contribution is 2.40. The molecule has 174 valence electrons. The number of hydrogen-bond donors (Lipinski definition) is 1. The lowest BCUT2D eigenvalue weighted by Gasteiger charge is -2.20. The summed E-state index contributed by atoms with van der Waals surface area (Å²) >= 11 is 0. The third-order valence-electron chi connectivity index (χ3n) is 5.96. The molecule has 0 aliphatic heterocycles. The average molecular weight is 471 g/mol. The number of fused-ring (bicyclic) bond motifs is 1. The van der Waals surface area contributed by atoms with Crippen LogP contribution in [-0.2, 0) is 10.0 Å². The van der Waals surface area contributed by atoms with Crippen LogP contribution in [0.25, 0.3) is 28.0 Å². The van der Waals surface area contributed by atoms with Gasteiger partial charge in [0.25, 0.3) is 10.0 Å². The summed E-state index contributed by atoms with van der Waals surface area (Å²) in [5, 5.41) is 11.1. The molecule has 5 heteroatoms. The van der Waals surface area contributed by atoms with Gasteiger partial charge < -0.3 is 0 Å². The van der Waals surface area contributed by atoms with Crippen molar-refractivity contribution in [2.24, 2.45) is 0 Å². The molecule has 0 heterocycles. The molecule has 3 aromatic carbocycles. The molecule has 0 aromatic heterocycles. The van der Waals surface area contributed by atoms with Gasteiger partial charge in [0.05, 0.1) is 17.3 Å². The molecular formula is C29H30N2O2S. The molecule has 0 amide bonds. The molecule has 0 aliphatic rings. The second-order valence-corrected chi connectivity index (χ2v) is 10.3. The van der Waals surface area contributed by atoms with Crippen molar-refractivity contribution in [1.29, 1.82) is 5.26 Å². The minimum absolute atomic E-state index is 0.0810. The minimum atomic E-state index is -4.03. The second kappa shape index (κ2) is 9.70. The van der Waals surface area contributed by atoms with Crippen LogP contribution in [0.1, 0.15) is 43.0 Å². The van der Waals surface area contributed by atoms with Gasteiger partial charge in [0.1, 0.15) is 4.91 Å². The maximum atomic E-state index is 13.4. The van der Waals surface area contributed by atoms with Crippen LogP contribution in [0.15, 0.2) is 71.2 Å². The summed E-state index contributed by atoms with van der Waals surface area (Å²) in [5.74, 6) is 0. The topological polar surface area (TPSA) is 70.0 Å². The summed E-state index contributed by atoms with van der Waals surface area (Å²) < 4.78 is 29.6. The first kappa shape index (κ1) is 25.0. The summed E-state index contributed by atoms with van der Waals surface area (Å²) in [5.41, 5.74) is 7.34. The highest BCUT2D eigenvalue weighted by molar-refractivity contribution is 7.96. The number of nitriles is 1.